The average Bonchev–Trinajstić information content (AvgIpc) is 2.13. The Morgan fingerprint density at radius 3 is 2.27 bits per heavy atom. The summed E-state index contributed by atoms with van der Waals surface area (Å²) in [6, 6.07) is 2.30. The van der Waals surface area contributed by atoms with Gasteiger partial charge in [-0.25, -0.2) is 4.79 Å². The van der Waals surface area contributed by atoms with E-state index in [1.807, 2.05) is 0 Å². The zero-order chi connectivity index (χ0) is 12.1. The molecule has 0 aliphatic carbocycles. The number of carboxylic acid groups (broad SMARTS) is 1. The number of hydrogen-bond donors (Lipinski definition) is 1. The molecule has 0 atom stereocenters. The van der Waals surface area contributed by atoms with E-state index in [0.717, 1.165) is 6.04 Å². The normalized spacial score (nSPS) is 12.3. The maximum atomic E-state index is 10.3. The molecule has 0 aliphatic rings. The van der Waals surface area contributed by atoms with Gasteiger partial charge in [0.05, 0.1) is 22.4 Å². The molecular formula is C10H22O3Si2. The standard InChI is InChI=1S/C10H22O3Si2/c1-6-14(2,3)7-8-15(4,5)9-13-10(11)12/h6H,1,7-9H2,2-5H3,(H,11,12). The Bertz CT molecular complexity index is 237. The molecule has 0 fully saturated rings. The fourth-order valence-corrected chi connectivity index (χ4v) is 7.24. The average molecular weight is 246 g/mol. The Balaban J connectivity index is 4.03. The Kier molecular flexibility index (Phi) is 5.30. The van der Waals surface area contributed by atoms with Crippen molar-refractivity contribution in [2.45, 2.75) is 38.3 Å². The lowest BCUT2D eigenvalue weighted by Gasteiger charge is -2.25. The smallest absolute Gasteiger partial charge is 0.450 e. The Labute approximate surface area is 94.2 Å². The molecule has 5 heteroatoms. The summed E-state index contributed by atoms with van der Waals surface area (Å²) < 4.78 is 4.67. The van der Waals surface area contributed by atoms with Gasteiger partial charge in [-0.2, -0.15) is 0 Å². The molecule has 88 valence electrons. The fraction of sp³-hybridized carbons (Fsp3) is 0.700. The highest BCUT2D eigenvalue weighted by molar-refractivity contribution is 6.85. The van der Waals surface area contributed by atoms with E-state index in [9.17, 15) is 4.79 Å². The van der Waals surface area contributed by atoms with Crippen molar-refractivity contribution in [3.05, 3.63) is 12.3 Å². The van der Waals surface area contributed by atoms with Crippen molar-refractivity contribution in [3.8, 4) is 0 Å². The second-order valence-electron chi connectivity index (χ2n) is 5.41. The van der Waals surface area contributed by atoms with Crippen molar-refractivity contribution >= 4 is 22.3 Å². The lowest BCUT2D eigenvalue weighted by atomic mass is 10.9. The van der Waals surface area contributed by atoms with E-state index in [0.29, 0.717) is 6.23 Å². The topological polar surface area (TPSA) is 46.5 Å². The fourth-order valence-electron chi connectivity index (χ4n) is 1.09. The molecule has 0 rings (SSSR count). The molecule has 0 amide bonds. The van der Waals surface area contributed by atoms with E-state index < -0.39 is 22.3 Å². The molecular weight excluding hydrogens is 224 g/mol. The predicted molar refractivity (Wildman–Crippen MR) is 68.8 cm³/mol. The summed E-state index contributed by atoms with van der Waals surface area (Å²) in [7, 11) is -2.76. The molecule has 0 aliphatic heterocycles. The minimum absolute atomic E-state index is 0.407. The van der Waals surface area contributed by atoms with Gasteiger partial charge in [0.1, 0.15) is 0 Å². The van der Waals surface area contributed by atoms with Crippen LogP contribution in [0.25, 0.3) is 0 Å². The maximum absolute atomic E-state index is 10.3. The van der Waals surface area contributed by atoms with E-state index >= 15 is 0 Å². The van der Waals surface area contributed by atoms with Crippen LogP contribution in [0, 0.1) is 0 Å². The number of rotatable bonds is 6. The molecule has 0 aromatic heterocycles. The lowest BCUT2D eigenvalue weighted by molar-refractivity contribution is 0.105. The molecule has 3 nitrogen and oxygen atoms in total. The number of ether oxygens (including phenoxy) is 1. The van der Waals surface area contributed by atoms with Crippen molar-refractivity contribution in [3.63, 3.8) is 0 Å². The quantitative estimate of drug-likeness (QED) is 0.577. The first-order valence-electron chi connectivity index (χ1n) is 5.18. The molecule has 1 N–H and O–H groups in total. The third-order valence-electron chi connectivity index (χ3n) is 2.59. The first kappa shape index (κ1) is 14.4. The Morgan fingerprint density at radius 1 is 1.33 bits per heavy atom. The highest BCUT2D eigenvalue weighted by atomic mass is 28.3. The molecule has 0 unspecified atom stereocenters. The van der Waals surface area contributed by atoms with Gasteiger partial charge in [-0.1, -0.05) is 38.3 Å². The first-order valence-corrected chi connectivity index (χ1v) is 11.9. The third-order valence-corrected chi connectivity index (χ3v) is 8.26. The Hall–Kier alpha value is -0.556. The van der Waals surface area contributed by atoms with Crippen molar-refractivity contribution in [2.24, 2.45) is 0 Å². The van der Waals surface area contributed by atoms with Crippen molar-refractivity contribution < 1.29 is 14.6 Å². The summed E-state index contributed by atoms with van der Waals surface area (Å²) in [5, 5.41) is 8.44. The van der Waals surface area contributed by atoms with Gasteiger partial charge in [0.15, 0.2) is 0 Å². The summed E-state index contributed by atoms with van der Waals surface area (Å²) in [6.45, 7) is 12.8. The molecule has 0 aromatic rings. The van der Waals surface area contributed by atoms with Crippen LogP contribution < -0.4 is 0 Å². The zero-order valence-corrected chi connectivity index (χ0v) is 12.2. The van der Waals surface area contributed by atoms with Crippen LogP contribution in [-0.2, 0) is 4.74 Å². The number of hydrogen-bond acceptors (Lipinski definition) is 2. The predicted octanol–water partition coefficient (Wildman–Crippen LogP) is 3.36. The molecule has 0 bridgehead atoms. The molecule has 0 heterocycles. The van der Waals surface area contributed by atoms with Gasteiger partial charge in [-0.15, -0.1) is 12.3 Å². The van der Waals surface area contributed by atoms with Crippen LogP contribution in [0.3, 0.4) is 0 Å². The maximum Gasteiger partial charge on any atom is 0.505 e. The van der Waals surface area contributed by atoms with Crippen molar-refractivity contribution in [1.29, 1.82) is 0 Å². The van der Waals surface area contributed by atoms with Gasteiger partial charge in [0, 0.05) is 0 Å². The third kappa shape index (κ3) is 7.38. The molecule has 0 radical (unpaired) electrons. The van der Waals surface area contributed by atoms with E-state index in [1.165, 1.54) is 6.04 Å². The van der Waals surface area contributed by atoms with Gasteiger partial charge in [-0.05, 0) is 0 Å². The summed E-state index contributed by atoms with van der Waals surface area (Å²) in [5.74, 6) is 0. The summed E-state index contributed by atoms with van der Waals surface area (Å²) in [5.41, 5.74) is 2.09. The molecule has 0 aromatic carbocycles. The summed E-state index contributed by atoms with van der Waals surface area (Å²) in [4.78, 5) is 10.3. The monoisotopic (exact) mass is 246 g/mol. The molecule has 0 saturated heterocycles. The van der Waals surface area contributed by atoms with Gasteiger partial charge < -0.3 is 9.84 Å². The highest BCUT2D eigenvalue weighted by Crippen LogP contribution is 2.21. The minimum atomic E-state index is -1.51. The van der Waals surface area contributed by atoms with E-state index in [1.54, 1.807) is 0 Å². The van der Waals surface area contributed by atoms with Crippen LogP contribution in [0.4, 0.5) is 4.79 Å². The SMILES string of the molecule is C=C[Si](C)(C)CC[Si](C)(C)COC(=O)O. The van der Waals surface area contributed by atoms with Crippen LogP contribution in [-0.4, -0.2) is 33.6 Å². The first-order chi connectivity index (χ1) is 6.68. The van der Waals surface area contributed by atoms with Crippen LogP contribution in [0.1, 0.15) is 0 Å². The largest absolute Gasteiger partial charge is 0.505 e. The van der Waals surface area contributed by atoms with Crippen LogP contribution in [0.5, 0.6) is 0 Å². The highest BCUT2D eigenvalue weighted by Gasteiger charge is 2.27. The van der Waals surface area contributed by atoms with Crippen LogP contribution in [0.15, 0.2) is 12.3 Å². The van der Waals surface area contributed by atoms with Crippen LogP contribution >= 0.6 is 0 Å². The second-order valence-corrected chi connectivity index (χ2v) is 15.4. The Morgan fingerprint density at radius 2 is 1.87 bits per heavy atom. The molecule has 15 heavy (non-hydrogen) atoms. The van der Waals surface area contributed by atoms with Gasteiger partial charge >= 0.3 is 6.16 Å². The lowest BCUT2D eigenvalue weighted by Crippen LogP contribution is -2.36. The zero-order valence-electron chi connectivity index (χ0n) is 10.2. The van der Waals surface area contributed by atoms with E-state index in [2.05, 4.69) is 43.2 Å². The van der Waals surface area contributed by atoms with E-state index in [-0.39, 0.29) is 0 Å². The molecule has 0 saturated carbocycles. The summed E-state index contributed by atoms with van der Waals surface area (Å²) >= 11 is 0. The molecule has 0 spiro atoms. The van der Waals surface area contributed by atoms with Gasteiger partial charge in [0.25, 0.3) is 0 Å². The van der Waals surface area contributed by atoms with Gasteiger partial charge in [0.2, 0.25) is 0 Å². The van der Waals surface area contributed by atoms with Crippen molar-refractivity contribution in [1.82, 2.24) is 0 Å². The number of carbonyl (C=O) groups is 1. The second kappa shape index (κ2) is 5.51. The van der Waals surface area contributed by atoms with Crippen molar-refractivity contribution in [2.75, 3.05) is 6.23 Å². The van der Waals surface area contributed by atoms with E-state index in [4.69, 9.17) is 5.11 Å². The summed E-state index contributed by atoms with van der Waals surface area (Å²) in [6.07, 6.45) is -0.750. The van der Waals surface area contributed by atoms with Gasteiger partial charge in [-0.3, -0.25) is 0 Å². The van der Waals surface area contributed by atoms with Crippen LogP contribution in [0.2, 0.25) is 38.3 Å². The minimum Gasteiger partial charge on any atom is -0.450 e.